The minimum Gasteiger partial charge on any atom is -0.368 e. The summed E-state index contributed by atoms with van der Waals surface area (Å²) in [5.41, 5.74) is 1.19. The molecule has 0 spiro atoms. The first-order valence-electron chi connectivity index (χ1n) is 8.41. The monoisotopic (exact) mass is 327 g/mol. The van der Waals surface area contributed by atoms with Gasteiger partial charge >= 0.3 is 0 Å². The Labute approximate surface area is 140 Å². The summed E-state index contributed by atoms with van der Waals surface area (Å²) < 4.78 is 7.27. The molecule has 2 aromatic rings. The van der Waals surface area contributed by atoms with Crippen LogP contribution in [0.5, 0.6) is 0 Å². The normalized spacial score (nSPS) is 25.8. The molecule has 2 aliphatic rings. The molecule has 7 heteroatoms. The van der Waals surface area contributed by atoms with Crippen molar-refractivity contribution < 1.29 is 9.53 Å². The molecule has 1 aromatic heterocycles. The number of nitrogens with zero attached hydrogens (tertiary/aromatic N) is 3. The van der Waals surface area contributed by atoms with E-state index in [0.717, 1.165) is 19.3 Å². The van der Waals surface area contributed by atoms with Gasteiger partial charge in [0.1, 0.15) is 6.10 Å². The standard InChI is InChI=1S/C17H21N5O2/c1-11-10-13(12-6-3-2-4-7-12)22-17(18-11)20-16(21-22)19-15(23)14-8-5-9-24-14/h2-4,6-7,11,13-14H,5,8-10H2,1H3,(H2,18,19,20,21,23). The Hall–Kier alpha value is -2.41. The molecule has 1 saturated heterocycles. The number of carbonyl (C=O) groups is 1. The van der Waals surface area contributed by atoms with Gasteiger partial charge in [0, 0.05) is 12.6 Å². The molecule has 0 aliphatic carbocycles. The van der Waals surface area contributed by atoms with Crippen LogP contribution in [0.2, 0.25) is 0 Å². The van der Waals surface area contributed by atoms with E-state index in [-0.39, 0.29) is 24.1 Å². The average molecular weight is 327 g/mol. The van der Waals surface area contributed by atoms with Gasteiger partial charge in [-0.3, -0.25) is 10.1 Å². The molecular formula is C17H21N5O2. The number of nitrogens with one attached hydrogen (secondary N) is 2. The number of amides is 1. The Bertz CT molecular complexity index is 724. The van der Waals surface area contributed by atoms with Crippen molar-refractivity contribution in [1.29, 1.82) is 0 Å². The molecule has 24 heavy (non-hydrogen) atoms. The third kappa shape index (κ3) is 2.87. The topological polar surface area (TPSA) is 81.1 Å². The fourth-order valence-corrected chi connectivity index (χ4v) is 3.33. The summed E-state index contributed by atoms with van der Waals surface area (Å²) in [4.78, 5) is 16.6. The van der Waals surface area contributed by atoms with Gasteiger partial charge in [0.15, 0.2) is 0 Å². The SMILES string of the molecule is CC1CC(c2ccccc2)n2nc(NC(=O)C3CCCO3)nc2N1. The number of aromatic nitrogens is 3. The van der Waals surface area contributed by atoms with Crippen LogP contribution >= 0.6 is 0 Å². The van der Waals surface area contributed by atoms with Crippen LogP contribution in [0.25, 0.3) is 0 Å². The summed E-state index contributed by atoms with van der Waals surface area (Å²) in [5.74, 6) is 0.845. The fraction of sp³-hybridized carbons (Fsp3) is 0.471. The second-order valence-corrected chi connectivity index (χ2v) is 6.40. The van der Waals surface area contributed by atoms with Crippen molar-refractivity contribution >= 4 is 17.8 Å². The second-order valence-electron chi connectivity index (χ2n) is 6.40. The van der Waals surface area contributed by atoms with Crippen molar-refractivity contribution in [2.75, 3.05) is 17.2 Å². The third-order valence-corrected chi connectivity index (χ3v) is 4.52. The lowest BCUT2D eigenvalue weighted by Gasteiger charge is -2.29. The highest BCUT2D eigenvalue weighted by molar-refractivity contribution is 5.92. The van der Waals surface area contributed by atoms with Gasteiger partial charge in [-0.1, -0.05) is 30.3 Å². The predicted octanol–water partition coefficient (Wildman–Crippen LogP) is 2.19. The van der Waals surface area contributed by atoms with Crippen molar-refractivity contribution in [1.82, 2.24) is 14.8 Å². The quantitative estimate of drug-likeness (QED) is 0.903. The number of benzene rings is 1. The number of rotatable bonds is 3. The Morgan fingerprint density at radius 3 is 2.96 bits per heavy atom. The molecule has 1 aromatic carbocycles. The Kier molecular flexibility index (Phi) is 3.93. The van der Waals surface area contributed by atoms with Gasteiger partial charge in [-0.05, 0) is 31.7 Å². The van der Waals surface area contributed by atoms with Crippen LogP contribution in [0.3, 0.4) is 0 Å². The molecule has 2 aliphatic heterocycles. The maximum absolute atomic E-state index is 12.2. The molecule has 7 nitrogen and oxygen atoms in total. The summed E-state index contributed by atoms with van der Waals surface area (Å²) in [6.07, 6.45) is 2.20. The van der Waals surface area contributed by atoms with Gasteiger partial charge in [0.25, 0.3) is 11.9 Å². The Morgan fingerprint density at radius 2 is 2.21 bits per heavy atom. The molecule has 1 amide bonds. The molecule has 3 heterocycles. The van der Waals surface area contributed by atoms with Crippen molar-refractivity contribution in [2.24, 2.45) is 0 Å². The van der Waals surface area contributed by atoms with Gasteiger partial charge in [0.05, 0.1) is 6.04 Å². The van der Waals surface area contributed by atoms with Crippen molar-refractivity contribution in [2.45, 2.75) is 44.4 Å². The maximum atomic E-state index is 12.2. The summed E-state index contributed by atoms with van der Waals surface area (Å²) in [7, 11) is 0. The largest absolute Gasteiger partial charge is 0.368 e. The molecule has 0 saturated carbocycles. The van der Waals surface area contributed by atoms with Crippen molar-refractivity contribution in [3.8, 4) is 0 Å². The number of hydrogen-bond donors (Lipinski definition) is 2. The molecule has 4 rings (SSSR count). The van der Waals surface area contributed by atoms with E-state index in [4.69, 9.17) is 4.74 Å². The van der Waals surface area contributed by atoms with Gasteiger partial charge in [-0.15, -0.1) is 5.10 Å². The molecule has 126 valence electrons. The fourth-order valence-electron chi connectivity index (χ4n) is 3.33. The van der Waals surface area contributed by atoms with Crippen LogP contribution in [0, 0.1) is 0 Å². The Balaban J connectivity index is 1.59. The van der Waals surface area contributed by atoms with Gasteiger partial charge in [0.2, 0.25) is 5.95 Å². The predicted molar refractivity (Wildman–Crippen MR) is 89.9 cm³/mol. The van der Waals surface area contributed by atoms with E-state index in [9.17, 15) is 4.79 Å². The maximum Gasteiger partial charge on any atom is 0.255 e. The third-order valence-electron chi connectivity index (χ3n) is 4.52. The zero-order valence-corrected chi connectivity index (χ0v) is 13.6. The van der Waals surface area contributed by atoms with E-state index in [2.05, 4.69) is 39.8 Å². The molecule has 0 radical (unpaired) electrons. The first-order valence-corrected chi connectivity index (χ1v) is 8.41. The van der Waals surface area contributed by atoms with Crippen LogP contribution < -0.4 is 10.6 Å². The highest BCUT2D eigenvalue weighted by Gasteiger charge is 2.30. The van der Waals surface area contributed by atoms with E-state index in [1.807, 2.05) is 22.9 Å². The van der Waals surface area contributed by atoms with Crippen molar-refractivity contribution in [3.05, 3.63) is 35.9 Å². The first-order chi connectivity index (χ1) is 11.7. The minimum atomic E-state index is -0.387. The highest BCUT2D eigenvalue weighted by Crippen LogP contribution is 2.31. The number of carbonyl (C=O) groups excluding carboxylic acids is 1. The molecule has 0 bridgehead atoms. The summed E-state index contributed by atoms with van der Waals surface area (Å²) in [6.45, 7) is 2.76. The van der Waals surface area contributed by atoms with Gasteiger partial charge in [-0.25, -0.2) is 4.68 Å². The van der Waals surface area contributed by atoms with Gasteiger partial charge in [-0.2, -0.15) is 4.98 Å². The Morgan fingerprint density at radius 1 is 1.38 bits per heavy atom. The van der Waals surface area contributed by atoms with Crippen LogP contribution in [0.1, 0.15) is 37.8 Å². The van der Waals surface area contributed by atoms with E-state index in [0.29, 0.717) is 18.5 Å². The summed E-state index contributed by atoms with van der Waals surface area (Å²) in [6, 6.07) is 10.6. The molecule has 2 N–H and O–H groups in total. The van der Waals surface area contributed by atoms with E-state index >= 15 is 0 Å². The molecule has 3 atom stereocenters. The lowest BCUT2D eigenvalue weighted by atomic mass is 9.99. The molecule has 3 unspecified atom stereocenters. The van der Waals surface area contributed by atoms with E-state index in [1.54, 1.807) is 0 Å². The smallest absolute Gasteiger partial charge is 0.255 e. The van der Waals surface area contributed by atoms with E-state index < -0.39 is 0 Å². The zero-order chi connectivity index (χ0) is 16.5. The molecular weight excluding hydrogens is 306 g/mol. The minimum absolute atomic E-state index is 0.110. The summed E-state index contributed by atoms with van der Waals surface area (Å²) >= 11 is 0. The van der Waals surface area contributed by atoms with Crippen LogP contribution in [-0.2, 0) is 9.53 Å². The first kappa shape index (κ1) is 15.1. The number of anilines is 2. The molecule has 1 fully saturated rings. The number of hydrogen-bond acceptors (Lipinski definition) is 5. The van der Waals surface area contributed by atoms with Crippen LogP contribution in [-0.4, -0.2) is 39.4 Å². The van der Waals surface area contributed by atoms with Gasteiger partial charge < -0.3 is 10.1 Å². The average Bonchev–Trinajstić information content (AvgIpc) is 3.24. The second kappa shape index (κ2) is 6.24. The lowest BCUT2D eigenvalue weighted by molar-refractivity contribution is -0.124. The lowest BCUT2D eigenvalue weighted by Crippen LogP contribution is -2.31. The number of fused-ring (bicyclic) bond motifs is 1. The van der Waals surface area contributed by atoms with Crippen molar-refractivity contribution in [3.63, 3.8) is 0 Å². The highest BCUT2D eigenvalue weighted by atomic mass is 16.5. The zero-order valence-electron chi connectivity index (χ0n) is 13.6. The van der Waals surface area contributed by atoms with E-state index in [1.165, 1.54) is 5.56 Å². The number of ether oxygens (including phenoxy) is 1. The summed E-state index contributed by atoms with van der Waals surface area (Å²) in [5, 5.41) is 10.6. The van der Waals surface area contributed by atoms with Crippen LogP contribution in [0.4, 0.5) is 11.9 Å². The van der Waals surface area contributed by atoms with Crippen LogP contribution in [0.15, 0.2) is 30.3 Å².